The van der Waals surface area contributed by atoms with Gasteiger partial charge in [0.2, 0.25) is 5.95 Å². The monoisotopic (exact) mass is 410 g/mol. The number of rotatable bonds is 5. The molecule has 0 bridgehead atoms. The topological polar surface area (TPSA) is 104 Å². The molecule has 29 heavy (non-hydrogen) atoms. The lowest BCUT2D eigenvalue weighted by Crippen LogP contribution is -2.15. The molecule has 4 aromatic rings. The van der Waals surface area contributed by atoms with E-state index in [0.717, 1.165) is 23.2 Å². The van der Waals surface area contributed by atoms with Gasteiger partial charge in [0.15, 0.2) is 0 Å². The number of carbonyl (C=O) groups excluding carboxylic acids is 1. The molecule has 1 aromatic heterocycles. The number of sulfonamides is 1. The summed E-state index contributed by atoms with van der Waals surface area (Å²) in [6.07, 6.45) is 0. The maximum atomic E-state index is 13.0. The van der Waals surface area contributed by atoms with Gasteiger partial charge in [-0.05, 0) is 60.7 Å². The van der Waals surface area contributed by atoms with Crippen molar-refractivity contribution in [2.75, 3.05) is 10.0 Å². The second-order valence-electron chi connectivity index (χ2n) is 6.19. The first-order valence-electron chi connectivity index (χ1n) is 8.55. The van der Waals surface area contributed by atoms with Gasteiger partial charge in [0.05, 0.1) is 15.9 Å². The van der Waals surface area contributed by atoms with Gasteiger partial charge in [0.25, 0.3) is 15.9 Å². The zero-order chi connectivity index (χ0) is 20.4. The summed E-state index contributed by atoms with van der Waals surface area (Å²) in [5, 5.41) is 2.64. The smallest absolute Gasteiger partial charge is 0.261 e. The zero-order valence-electron chi connectivity index (χ0n) is 14.9. The number of hydrogen-bond acceptors (Lipinski definition) is 4. The Morgan fingerprint density at radius 3 is 2.31 bits per heavy atom. The molecule has 0 aliphatic heterocycles. The van der Waals surface area contributed by atoms with Crippen molar-refractivity contribution in [2.24, 2.45) is 0 Å². The molecule has 4 rings (SSSR count). The number of aromatic nitrogens is 2. The van der Waals surface area contributed by atoms with Crippen LogP contribution in [0.3, 0.4) is 0 Å². The number of aromatic amines is 1. The Morgan fingerprint density at radius 2 is 1.62 bits per heavy atom. The van der Waals surface area contributed by atoms with Crippen LogP contribution in [-0.2, 0) is 10.0 Å². The van der Waals surface area contributed by atoms with Crippen LogP contribution >= 0.6 is 0 Å². The summed E-state index contributed by atoms with van der Waals surface area (Å²) in [4.78, 5) is 19.6. The quantitative estimate of drug-likeness (QED) is 0.466. The average molecular weight is 410 g/mol. The Morgan fingerprint density at radius 1 is 0.931 bits per heavy atom. The molecule has 0 fully saturated rings. The molecule has 0 atom stereocenters. The van der Waals surface area contributed by atoms with E-state index in [-0.39, 0.29) is 16.1 Å². The van der Waals surface area contributed by atoms with Crippen LogP contribution in [-0.4, -0.2) is 24.3 Å². The van der Waals surface area contributed by atoms with Crippen molar-refractivity contribution in [3.63, 3.8) is 0 Å². The maximum Gasteiger partial charge on any atom is 0.261 e. The van der Waals surface area contributed by atoms with E-state index in [1.165, 1.54) is 36.4 Å². The molecule has 0 saturated heterocycles. The summed E-state index contributed by atoms with van der Waals surface area (Å²) < 4.78 is 40.2. The number of nitrogens with one attached hydrogen (secondary N) is 3. The van der Waals surface area contributed by atoms with Crippen molar-refractivity contribution in [1.82, 2.24) is 9.97 Å². The zero-order valence-corrected chi connectivity index (χ0v) is 15.7. The Hall–Kier alpha value is -3.72. The predicted molar refractivity (Wildman–Crippen MR) is 108 cm³/mol. The van der Waals surface area contributed by atoms with E-state index in [9.17, 15) is 17.6 Å². The van der Waals surface area contributed by atoms with Gasteiger partial charge in [0.1, 0.15) is 5.82 Å². The highest BCUT2D eigenvalue weighted by Crippen LogP contribution is 2.18. The second kappa shape index (κ2) is 7.36. The molecular formula is C20H15FN4O3S. The van der Waals surface area contributed by atoms with Crippen molar-refractivity contribution in [1.29, 1.82) is 0 Å². The minimum absolute atomic E-state index is 0.0258. The van der Waals surface area contributed by atoms with E-state index in [4.69, 9.17) is 0 Å². The summed E-state index contributed by atoms with van der Waals surface area (Å²) in [5.74, 6) is -0.599. The third kappa shape index (κ3) is 4.09. The van der Waals surface area contributed by atoms with Crippen LogP contribution in [0.15, 0.2) is 77.7 Å². The number of halogens is 1. The van der Waals surface area contributed by atoms with Crippen LogP contribution in [0.25, 0.3) is 11.0 Å². The Balaban J connectivity index is 1.49. The van der Waals surface area contributed by atoms with Crippen molar-refractivity contribution in [3.05, 3.63) is 84.2 Å². The number of H-pyrrole nitrogens is 1. The lowest BCUT2D eigenvalue weighted by Gasteiger charge is -2.09. The van der Waals surface area contributed by atoms with Gasteiger partial charge in [-0.1, -0.05) is 12.1 Å². The van der Waals surface area contributed by atoms with Crippen LogP contribution in [0.4, 0.5) is 16.0 Å². The molecule has 0 spiro atoms. The van der Waals surface area contributed by atoms with Gasteiger partial charge in [-0.25, -0.2) is 17.8 Å². The third-order valence-electron chi connectivity index (χ3n) is 4.14. The second-order valence-corrected chi connectivity index (χ2v) is 7.88. The number of para-hydroxylation sites is 2. The fourth-order valence-corrected chi connectivity index (χ4v) is 3.77. The normalized spacial score (nSPS) is 11.3. The fourth-order valence-electron chi connectivity index (χ4n) is 2.71. The van der Waals surface area contributed by atoms with E-state index >= 15 is 0 Å². The van der Waals surface area contributed by atoms with Gasteiger partial charge in [-0.15, -0.1) is 0 Å². The van der Waals surface area contributed by atoms with E-state index in [0.29, 0.717) is 5.95 Å². The SMILES string of the molecule is O=C(Nc1nc2ccccc2[nH]1)c1ccc(S(=O)(=O)Nc2ccc(F)cc2)cc1. The van der Waals surface area contributed by atoms with E-state index < -0.39 is 21.7 Å². The molecular weight excluding hydrogens is 395 g/mol. The first-order chi connectivity index (χ1) is 13.9. The van der Waals surface area contributed by atoms with Crippen LogP contribution in [0, 0.1) is 5.82 Å². The minimum atomic E-state index is -3.87. The van der Waals surface area contributed by atoms with Crippen molar-refractivity contribution in [3.8, 4) is 0 Å². The Kier molecular flexibility index (Phi) is 4.73. The summed E-state index contributed by atoms with van der Waals surface area (Å²) in [6.45, 7) is 0. The van der Waals surface area contributed by atoms with Crippen LogP contribution in [0.5, 0.6) is 0 Å². The van der Waals surface area contributed by atoms with Gasteiger partial charge in [0, 0.05) is 11.3 Å². The van der Waals surface area contributed by atoms with E-state index in [1.807, 2.05) is 24.3 Å². The lowest BCUT2D eigenvalue weighted by atomic mass is 10.2. The van der Waals surface area contributed by atoms with Gasteiger partial charge in [-0.3, -0.25) is 14.8 Å². The molecule has 0 radical (unpaired) electrons. The molecule has 146 valence electrons. The van der Waals surface area contributed by atoms with Crippen molar-refractivity contribution in [2.45, 2.75) is 4.90 Å². The van der Waals surface area contributed by atoms with Crippen LogP contribution < -0.4 is 10.0 Å². The molecule has 9 heteroatoms. The summed E-state index contributed by atoms with van der Waals surface area (Å²) in [5.41, 5.74) is 2.01. The van der Waals surface area contributed by atoms with Gasteiger partial charge < -0.3 is 4.98 Å². The standard InChI is InChI=1S/C20H15FN4O3S/c21-14-7-9-15(10-8-14)25-29(27,28)16-11-5-13(6-12-16)19(26)24-20-22-17-3-1-2-4-18(17)23-20/h1-12,25H,(H2,22,23,24,26). The number of imidazole rings is 1. The highest BCUT2D eigenvalue weighted by Gasteiger charge is 2.16. The van der Waals surface area contributed by atoms with Crippen molar-refractivity contribution >= 4 is 38.6 Å². The Labute approximate surface area is 165 Å². The van der Waals surface area contributed by atoms with Crippen LogP contribution in [0.1, 0.15) is 10.4 Å². The number of benzene rings is 3. The number of fused-ring (bicyclic) bond motifs is 1. The Bertz CT molecular complexity index is 1250. The third-order valence-corrected chi connectivity index (χ3v) is 5.54. The highest BCUT2D eigenvalue weighted by molar-refractivity contribution is 7.92. The minimum Gasteiger partial charge on any atom is -0.324 e. The van der Waals surface area contributed by atoms with Gasteiger partial charge in [-0.2, -0.15) is 0 Å². The molecule has 0 unspecified atom stereocenters. The predicted octanol–water partition coefficient (Wildman–Crippen LogP) is 3.76. The first kappa shape index (κ1) is 18.6. The number of hydrogen-bond donors (Lipinski definition) is 3. The summed E-state index contributed by atoms with van der Waals surface area (Å²) in [6, 6.07) is 17.7. The van der Waals surface area contributed by atoms with E-state index in [1.54, 1.807) is 0 Å². The lowest BCUT2D eigenvalue weighted by molar-refractivity contribution is 0.102. The van der Waals surface area contributed by atoms with Crippen molar-refractivity contribution < 1.29 is 17.6 Å². The van der Waals surface area contributed by atoms with E-state index in [2.05, 4.69) is 20.0 Å². The maximum absolute atomic E-state index is 13.0. The average Bonchev–Trinajstić information content (AvgIpc) is 3.12. The first-order valence-corrected chi connectivity index (χ1v) is 10.0. The fraction of sp³-hybridized carbons (Fsp3) is 0. The molecule has 3 aromatic carbocycles. The molecule has 0 aliphatic rings. The summed E-state index contributed by atoms with van der Waals surface area (Å²) >= 11 is 0. The van der Waals surface area contributed by atoms with Gasteiger partial charge >= 0.3 is 0 Å². The molecule has 1 amide bonds. The largest absolute Gasteiger partial charge is 0.324 e. The summed E-state index contributed by atoms with van der Waals surface area (Å²) in [7, 11) is -3.87. The number of carbonyl (C=O) groups is 1. The number of anilines is 2. The molecule has 0 saturated carbocycles. The molecule has 1 heterocycles. The van der Waals surface area contributed by atoms with Crippen LogP contribution in [0.2, 0.25) is 0 Å². The number of nitrogens with zero attached hydrogens (tertiary/aromatic N) is 1. The molecule has 7 nitrogen and oxygen atoms in total. The molecule has 0 aliphatic carbocycles. The highest BCUT2D eigenvalue weighted by atomic mass is 32.2. The molecule has 3 N–H and O–H groups in total. The number of amides is 1.